The van der Waals surface area contributed by atoms with Crippen LogP contribution in [0, 0.1) is 6.92 Å². The van der Waals surface area contributed by atoms with Crippen LogP contribution in [0.25, 0.3) is 0 Å². The molecule has 0 aliphatic carbocycles. The molecular weight excluding hydrogens is 274 g/mol. The highest BCUT2D eigenvalue weighted by molar-refractivity contribution is 7.99. The molecule has 0 heterocycles. The van der Waals surface area contributed by atoms with Crippen LogP contribution in [0.1, 0.15) is 18.1 Å². The maximum absolute atomic E-state index is 6.00. The van der Waals surface area contributed by atoms with Crippen LogP contribution in [0.2, 0.25) is 5.02 Å². The molecule has 100 valence electrons. The average molecular weight is 292 g/mol. The quantitative estimate of drug-likeness (QED) is 0.884. The molecule has 0 aromatic heterocycles. The number of nitrogens with two attached hydrogens (primary N) is 1. The molecule has 0 fully saturated rings. The minimum atomic E-state index is 0.199. The lowest BCUT2D eigenvalue weighted by Gasteiger charge is -2.10. The first kappa shape index (κ1) is 14.4. The molecule has 19 heavy (non-hydrogen) atoms. The van der Waals surface area contributed by atoms with Gasteiger partial charge in [-0.15, -0.1) is 0 Å². The van der Waals surface area contributed by atoms with Crippen molar-refractivity contribution in [2.75, 3.05) is 0 Å². The highest BCUT2D eigenvalue weighted by Crippen LogP contribution is 2.30. The summed E-state index contributed by atoms with van der Waals surface area (Å²) in [6.45, 7) is 4.17. The van der Waals surface area contributed by atoms with E-state index in [0.29, 0.717) is 0 Å². The van der Waals surface area contributed by atoms with E-state index >= 15 is 0 Å². The van der Waals surface area contributed by atoms with Gasteiger partial charge in [0.05, 0.1) is 0 Å². The normalized spacial score (nSPS) is 12.4. The van der Waals surface area contributed by atoms with Crippen molar-refractivity contribution in [2.45, 2.75) is 36.1 Å². The summed E-state index contributed by atoms with van der Waals surface area (Å²) in [5.41, 5.74) is 8.47. The topological polar surface area (TPSA) is 26.0 Å². The summed E-state index contributed by atoms with van der Waals surface area (Å²) in [5.74, 6) is 0. The van der Waals surface area contributed by atoms with E-state index in [1.165, 1.54) is 16.0 Å². The molecule has 0 aliphatic heterocycles. The maximum Gasteiger partial charge on any atom is 0.0417 e. The zero-order chi connectivity index (χ0) is 13.8. The molecule has 0 radical (unpaired) electrons. The standard InChI is InChI=1S/C16H18ClNS/c1-11-8-16(7-6-13(11)9-12(2)18)19-15-5-3-4-14(17)10-15/h3-8,10,12H,9,18H2,1-2H3. The Morgan fingerprint density at radius 1 is 1.16 bits per heavy atom. The molecule has 0 bridgehead atoms. The fraction of sp³-hybridized carbons (Fsp3) is 0.250. The summed E-state index contributed by atoms with van der Waals surface area (Å²) in [7, 11) is 0. The lowest BCUT2D eigenvalue weighted by molar-refractivity contribution is 0.734. The van der Waals surface area contributed by atoms with Gasteiger partial charge in [-0.1, -0.05) is 35.5 Å². The van der Waals surface area contributed by atoms with Crippen LogP contribution in [0.15, 0.2) is 52.3 Å². The van der Waals surface area contributed by atoms with E-state index in [0.717, 1.165) is 16.3 Å². The van der Waals surface area contributed by atoms with Gasteiger partial charge in [0.25, 0.3) is 0 Å². The second kappa shape index (κ2) is 6.47. The van der Waals surface area contributed by atoms with Gasteiger partial charge < -0.3 is 5.73 Å². The molecule has 2 aromatic rings. The van der Waals surface area contributed by atoms with Gasteiger partial charge in [0, 0.05) is 20.9 Å². The molecule has 0 saturated carbocycles. The number of rotatable bonds is 4. The monoisotopic (exact) mass is 291 g/mol. The van der Waals surface area contributed by atoms with Crippen LogP contribution in [0.3, 0.4) is 0 Å². The molecule has 0 saturated heterocycles. The Morgan fingerprint density at radius 2 is 1.89 bits per heavy atom. The van der Waals surface area contributed by atoms with Crippen LogP contribution < -0.4 is 5.73 Å². The first-order valence-electron chi connectivity index (χ1n) is 6.33. The molecule has 2 aromatic carbocycles. The van der Waals surface area contributed by atoms with Gasteiger partial charge in [-0.25, -0.2) is 0 Å². The molecule has 0 amide bonds. The lowest BCUT2D eigenvalue weighted by Crippen LogP contribution is -2.18. The number of hydrogen-bond acceptors (Lipinski definition) is 2. The summed E-state index contributed by atoms with van der Waals surface area (Å²) in [6, 6.07) is 14.7. The van der Waals surface area contributed by atoms with Crippen molar-refractivity contribution in [1.82, 2.24) is 0 Å². The molecule has 1 unspecified atom stereocenters. The molecule has 2 N–H and O–H groups in total. The minimum Gasteiger partial charge on any atom is -0.328 e. The maximum atomic E-state index is 6.00. The minimum absolute atomic E-state index is 0.199. The van der Waals surface area contributed by atoms with Crippen LogP contribution in [-0.2, 0) is 6.42 Å². The van der Waals surface area contributed by atoms with E-state index in [2.05, 4.69) is 31.2 Å². The highest BCUT2D eigenvalue weighted by atomic mass is 35.5. The summed E-state index contributed by atoms with van der Waals surface area (Å²) in [4.78, 5) is 2.39. The largest absolute Gasteiger partial charge is 0.328 e. The lowest BCUT2D eigenvalue weighted by atomic mass is 10.0. The Hall–Kier alpha value is -0.960. The third kappa shape index (κ3) is 4.27. The number of benzene rings is 2. The van der Waals surface area contributed by atoms with Gasteiger partial charge in [0.2, 0.25) is 0 Å². The third-order valence-corrected chi connectivity index (χ3v) is 4.10. The van der Waals surface area contributed by atoms with Gasteiger partial charge in [0.15, 0.2) is 0 Å². The van der Waals surface area contributed by atoms with Gasteiger partial charge in [-0.2, -0.15) is 0 Å². The number of hydrogen-bond donors (Lipinski definition) is 1. The Balaban J connectivity index is 2.16. The molecule has 2 rings (SSSR count). The van der Waals surface area contributed by atoms with E-state index in [1.807, 2.05) is 25.1 Å². The van der Waals surface area contributed by atoms with Crippen molar-refractivity contribution < 1.29 is 0 Å². The average Bonchev–Trinajstić information content (AvgIpc) is 2.32. The summed E-state index contributed by atoms with van der Waals surface area (Å²) < 4.78 is 0. The van der Waals surface area contributed by atoms with E-state index in [9.17, 15) is 0 Å². The highest BCUT2D eigenvalue weighted by Gasteiger charge is 2.04. The van der Waals surface area contributed by atoms with E-state index in [-0.39, 0.29) is 6.04 Å². The SMILES string of the molecule is Cc1cc(Sc2cccc(Cl)c2)ccc1CC(C)N. The Bertz CT molecular complexity index is 566. The third-order valence-electron chi connectivity index (χ3n) is 2.89. The number of aryl methyl sites for hydroxylation is 1. The molecule has 1 atom stereocenters. The summed E-state index contributed by atoms with van der Waals surface area (Å²) in [6.07, 6.45) is 0.925. The molecule has 0 aliphatic rings. The predicted octanol–water partition coefficient (Wildman–Crippen LogP) is 4.69. The van der Waals surface area contributed by atoms with Crippen molar-refractivity contribution >= 4 is 23.4 Å². The van der Waals surface area contributed by atoms with Crippen LogP contribution in [-0.4, -0.2) is 6.04 Å². The number of halogens is 1. The predicted molar refractivity (Wildman–Crippen MR) is 84.1 cm³/mol. The van der Waals surface area contributed by atoms with Crippen molar-refractivity contribution in [3.05, 3.63) is 58.6 Å². The Kier molecular flexibility index (Phi) is 4.92. The van der Waals surface area contributed by atoms with Gasteiger partial charge in [-0.05, 0) is 61.7 Å². The van der Waals surface area contributed by atoms with Crippen LogP contribution in [0.5, 0.6) is 0 Å². The van der Waals surface area contributed by atoms with Crippen molar-refractivity contribution in [3.8, 4) is 0 Å². The summed E-state index contributed by atoms with van der Waals surface area (Å²) >= 11 is 7.73. The zero-order valence-corrected chi connectivity index (χ0v) is 12.8. The molecule has 1 nitrogen and oxygen atoms in total. The zero-order valence-electron chi connectivity index (χ0n) is 11.2. The van der Waals surface area contributed by atoms with Crippen molar-refractivity contribution in [3.63, 3.8) is 0 Å². The van der Waals surface area contributed by atoms with E-state index in [1.54, 1.807) is 11.8 Å². The first-order chi connectivity index (χ1) is 9.04. The Labute approximate surface area is 124 Å². The van der Waals surface area contributed by atoms with E-state index in [4.69, 9.17) is 17.3 Å². The van der Waals surface area contributed by atoms with Gasteiger partial charge >= 0.3 is 0 Å². The molecular formula is C16H18ClNS. The van der Waals surface area contributed by atoms with Crippen molar-refractivity contribution in [2.24, 2.45) is 5.73 Å². The van der Waals surface area contributed by atoms with Crippen LogP contribution in [0.4, 0.5) is 0 Å². The van der Waals surface area contributed by atoms with Gasteiger partial charge in [-0.3, -0.25) is 0 Å². The fourth-order valence-corrected chi connectivity index (χ4v) is 3.21. The molecule has 3 heteroatoms. The first-order valence-corrected chi connectivity index (χ1v) is 7.52. The fourth-order valence-electron chi connectivity index (χ4n) is 1.97. The van der Waals surface area contributed by atoms with Gasteiger partial charge in [0.1, 0.15) is 0 Å². The van der Waals surface area contributed by atoms with Crippen LogP contribution >= 0.6 is 23.4 Å². The van der Waals surface area contributed by atoms with E-state index < -0.39 is 0 Å². The summed E-state index contributed by atoms with van der Waals surface area (Å²) in [5, 5.41) is 0.773. The Morgan fingerprint density at radius 3 is 2.53 bits per heavy atom. The second-order valence-corrected chi connectivity index (χ2v) is 6.41. The molecule has 0 spiro atoms. The second-order valence-electron chi connectivity index (χ2n) is 4.83. The van der Waals surface area contributed by atoms with Crippen molar-refractivity contribution in [1.29, 1.82) is 0 Å². The smallest absolute Gasteiger partial charge is 0.0417 e.